The number of amides is 1. The van der Waals surface area contributed by atoms with Gasteiger partial charge in [0, 0.05) is 25.0 Å². The summed E-state index contributed by atoms with van der Waals surface area (Å²) in [7, 11) is 4.67. The fourth-order valence-corrected chi connectivity index (χ4v) is 6.16. The van der Waals surface area contributed by atoms with E-state index in [0.29, 0.717) is 47.9 Å². The molecule has 40 heavy (non-hydrogen) atoms. The Kier molecular flexibility index (Phi) is 10.0. The van der Waals surface area contributed by atoms with Crippen LogP contribution >= 0.6 is 0 Å². The van der Waals surface area contributed by atoms with Gasteiger partial charge in [-0.05, 0) is 72.4 Å². The monoisotopic (exact) mass is 555 g/mol. The van der Waals surface area contributed by atoms with E-state index in [-0.39, 0.29) is 23.9 Å². The van der Waals surface area contributed by atoms with Gasteiger partial charge in [-0.3, -0.25) is 9.59 Å². The lowest BCUT2D eigenvalue weighted by atomic mass is 9.71. The van der Waals surface area contributed by atoms with Gasteiger partial charge in [-0.25, -0.2) is 0 Å². The number of hydrogen-bond acceptors (Lipinski definition) is 8. The van der Waals surface area contributed by atoms with Crippen LogP contribution in [0.15, 0.2) is 29.1 Å². The van der Waals surface area contributed by atoms with Crippen LogP contribution in [-0.2, 0) is 16.0 Å². The molecule has 1 saturated carbocycles. The van der Waals surface area contributed by atoms with E-state index in [1.54, 1.807) is 33.5 Å². The van der Waals surface area contributed by atoms with E-state index in [0.717, 1.165) is 48.8 Å². The van der Waals surface area contributed by atoms with Crippen LogP contribution in [0, 0.1) is 5.41 Å². The number of aryl methyl sites for hydroxylation is 1. The third-order valence-corrected chi connectivity index (χ3v) is 8.00. The summed E-state index contributed by atoms with van der Waals surface area (Å²) < 4.78 is 17.0. The highest BCUT2D eigenvalue weighted by Crippen LogP contribution is 2.50. The van der Waals surface area contributed by atoms with Crippen LogP contribution in [0.5, 0.6) is 17.2 Å². The predicted molar refractivity (Wildman–Crippen MR) is 152 cm³/mol. The van der Waals surface area contributed by atoms with Gasteiger partial charge in [-0.15, -0.1) is 0 Å². The lowest BCUT2D eigenvalue weighted by molar-refractivity contribution is -0.308. The summed E-state index contributed by atoms with van der Waals surface area (Å²) in [6.07, 6.45) is 5.67. The summed E-state index contributed by atoms with van der Waals surface area (Å²) in [5.74, 6) is 0.192. The van der Waals surface area contributed by atoms with Gasteiger partial charge in [0.1, 0.15) is 0 Å². The molecule has 0 aliphatic heterocycles. The summed E-state index contributed by atoms with van der Waals surface area (Å²) in [6, 6.07) is 6.66. The Hall–Kier alpha value is -3.79. The van der Waals surface area contributed by atoms with Gasteiger partial charge in [0.15, 0.2) is 11.5 Å². The molecule has 0 heterocycles. The van der Waals surface area contributed by atoms with Crippen molar-refractivity contribution in [1.82, 2.24) is 11.5 Å². The third kappa shape index (κ3) is 6.33. The molecular weight excluding hydrogens is 514 g/mol. The second kappa shape index (κ2) is 13.0. The van der Waals surface area contributed by atoms with Crippen molar-refractivity contribution in [1.29, 1.82) is 0 Å². The Balaban J connectivity index is 0.00000441. The minimum Gasteiger partial charge on any atom is -0.550 e. The SMILES string of the molecule is COc1cc2c(c(OC)c1OC)-c1ccc(NCC3(CC(=O)[O-])CCCCC3)c(=O)cc1[C@@H](NC(C)=O)CC2.[NH4+]. The number of nitrogens with one attached hydrogen (secondary N) is 2. The summed E-state index contributed by atoms with van der Waals surface area (Å²) in [5.41, 5.74) is 2.82. The first-order chi connectivity index (χ1) is 18.7. The molecule has 2 aliphatic carbocycles. The molecule has 2 aromatic rings. The quantitative estimate of drug-likeness (QED) is 0.421. The van der Waals surface area contributed by atoms with E-state index in [1.807, 2.05) is 12.1 Å². The molecular formula is C30H41N3O7. The molecule has 1 amide bonds. The number of methoxy groups -OCH3 is 3. The molecule has 6 N–H and O–H groups in total. The highest BCUT2D eigenvalue weighted by molar-refractivity contribution is 5.83. The number of fused-ring (bicyclic) bond motifs is 3. The molecule has 218 valence electrons. The first-order valence-electron chi connectivity index (χ1n) is 13.4. The first kappa shape index (κ1) is 30.7. The van der Waals surface area contributed by atoms with Crippen LogP contribution in [0.3, 0.4) is 0 Å². The fourth-order valence-electron chi connectivity index (χ4n) is 6.16. The maximum absolute atomic E-state index is 13.5. The second-order valence-electron chi connectivity index (χ2n) is 10.6. The number of aliphatic carboxylic acids is 1. The Morgan fingerprint density at radius 2 is 1.73 bits per heavy atom. The van der Waals surface area contributed by atoms with Crippen LogP contribution in [0.4, 0.5) is 5.69 Å². The number of carbonyl (C=O) groups excluding carboxylic acids is 2. The molecule has 1 fully saturated rings. The number of benzene rings is 1. The molecule has 2 aliphatic rings. The van der Waals surface area contributed by atoms with Crippen molar-refractivity contribution in [3.63, 3.8) is 0 Å². The van der Waals surface area contributed by atoms with Gasteiger partial charge < -0.3 is 40.9 Å². The van der Waals surface area contributed by atoms with E-state index in [1.165, 1.54) is 6.92 Å². The van der Waals surface area contributed by atoms with Crippen LogP contribution in [-0.4, -0.2) is 39.8 Å². The van der Waals surface area contributed by atoms with Crippen LogP contribution < -0.4 is 41.5 Å². The van der Waals surface area contributed by atoms with Crippen molar-refractivity contribution >= 4 is 17.6 Å². The third-order valence-electron chi connectivity index (χ3n) is 8.00. The van der Waals surface area contributed by atoms with E-state index in [2.05, 4.69) is 10.6 Å². The topological polar surface area (TPSA) is 163 Å². The minimum absolute atomic E-state index is 0. The number of ether oxygens (including phenoxy) is 3. The number of rotatable bonds is 9. The average molecular weight is 556 g/mol. The van der Waals surface area contributed by atoms with Gasteiger partial charge in [-0.1, -0.05) is 25.3 Å². The molecule has 10 heteroatoms. The molecule has 1 atom stereocenters. The van der Waals surface area contributed by atoms with Gasteiger partial charge in [0.25, 0.3) is 0 Å². The molecule has 2 aromatic carbocycles. The number of carboxylic acid groups (broad SMARTS) is 1. The van der Waals surface area contributed by atoms with Crippen molar-refractivity contribution in [3.05, 3.63) is 45.6 Å². The predicted octanol–water partition coefficient (Wildman–Crippen LogP) is 3.74. The maximum atomic E-state index is 13.5. The molecule has 0 unspecified atom stereocenters. The van der Waals surface area contributed by atoms with Crippen LogP contribution in [0.2, 0.25) is 0 Å². The largest absolute Gasteiger partial charge is 0.550 e. The van der Waals surface area contributed by atoms with Crippen LogP contribution in [0.1, 0.15) is 69.0 Å². The van der Waals surface area contributed by atoms with Crippen molar-refractivity contribution in [2.45, 2.75) is 64.3 Å². The lowest BCUT2D eigenvalue weighted by Crippen LogP contribution is -2.39. The average Bonchev–Trinajstić information content (AvgIpc) is 3.15. The van der Waals surface area contributed by atoms with E-state index < -0.39 is 17.4 Å². The number of quaternary nitrogens is 1. The molecule has 0 spiro atoms. The molecule has 4 rings (SSSR count). The van der Waals surface area contributed by atoms with Crippen LogP contribution in [0.25, 0.3) is 11.1 Å². The van der Waals surface area contributed by atoms with Gasteiger partial charge in [0.05, 0.1) is 33.1 Å². The molecule has 0 radical (unpaired) electrons. The number of anilines is 1. The first-order valence-corrected chi connectivity index (χ1v) is 13.4. The molecule has 10 nitrogen and oxygen atoms in total. The Bertz CT molecular complexity index is 1310. The Morgan fingerprint density at radius 1 is 1.02 bits per heavy atom. The minimum atomic E-state index is -1.07. The maximum Gasteiger partial charge on any atom is 0.217 e. The highest BCUT2D eigenvalue weighted by atomic mass is 16.5. The van der Waals surface area contributed by atoms with E-state index in [9.17, 15) is 19.5 Å². The Morgan fingerprint density at radius 3 is 2.33 bits per heavy atom. The molecule has 0 bridgehead atoms. The zero-order valence-corrected chi connectivity index (χ0v) is 24.1. The zero-order valence-electron chi connectivity index (χ0n) is 24.1. The van der Waals surface area contributed by atoms with Crippen molar-refractivity contribution < 1.29 is 28.9 Å². The van der Waals surface area contributed by atoms with Gasteiger partial charge in [-0.2, -0.15) is 0 Å². The van der Waals surface area contributed by atoms with Crippen molar-refractivity contribution in [2.24, 2.45) is 5.41 Å². The number of hydrogen-bond donors (Lipinski definition) is 3. The van der Waals surface area contributed by atoms with E-state index in [4.69, 9.17) is 14.2 Å². The standard InChI is InChI=1S/C30H38N2O7.H3N/c1-18(33)32-22-10-8-19-14-25(37-2)28(38-3)29(39-4)27(19)20-9-11-23(24(34)15-21(20)22)31-17-30(16-26(35)36)12-6-5-7-13-30;/h9,11,14-15,22H,5-8,10,12-13,16-17H2,1-4H3,(H,31,34)(H,32,33)(H,35,36);1H3/t22-;/m0./s1. The molecule has 0 aromatic heterocycles. The summed E-state index contributed by atoms with van der Waals surface area (Å²) >= 11 is 0. The fraction of sp³-hybridized carbons (Fsp3) is 0.500. The Labute approximate surface area is 235 Å². The number of carbonyl (C=O) groups is 2. The van der Waals surface area contributed by atoms with E-state index >= 15 is 0 Å². The van der Waals surface area contributed by atoms with Gasteiger partial charge in [0.2, 0.25) is 17.1 Å². The summed E-state index contributed by atoms with van der Waals surface area (Å²) in [5, 5.41) is 17.8. The summed E-state index contributed by atoms with van der Waals surface area (Å²) in [6.45, 7) is 1.82. The summed E-state index contributed by atoms with van der Waals surface area (Å²) in [4.78, 5) is 37.2. The lowest BCUT2D eigenvalue weighted by Gasteiger charge is -2.38. The zero-order chi connectivity index (χ0) is 28.2. The normalized spacial score (nSPS) is 17.1. The van der Waals surface area contributed by atoms with Crippen molar-refractivity contribution in [3.8, 4) is 28.4 Å². The van der Waals surface area contributed by atoms with Crippen molar-refractivity contribution in [2.75, 3.05) is 33.2 Å². The highest BCUT2D eigenvalue weighted by Gasteiger charge is 2.33. The van der Waals surface area contributed by atoms with Gasteiger partial charge >= 0.3 is 0 Å². The number of carboxylic acids is 1. The molecule has 0 saturated heterocycles. The second-order valence-corrected chi connectivity index (χ2v) is 10.6. The smallest absolute Gasteiger partial charge is 0.217 e.